The van der Waals surface area contributed by atoms with Gasteiger partial charge in [-0.2, -0.15) is 0 Å². The van der Waals surface area contributed by atoms with E-state index in [9.17, 15) is 9.90 Å². The van der Waals surface area contributed by atoms with E-state index in [1.165, 1.54) is 11.3 Å². The third-order valence-corrected chi connectivity index (χ3v) is 3.52. The van der Waals surface area contributed by atoms with Crippen LogP contribution < -0.4 is 11.1 Å². The molecule has 0 aromatic carbocycles. The maximum atomic E-state index is 11.8. The molecule has 2 atom stereocenters. The lowest BCUT2D eigenvalue weighted by atomic mass is 10.0. The highest BCUT2D eigenvalue weighted by Gasteiger charge is 2.22. The number of nitrogens with one attached hydrogen (secondary N) is 1. The van der Waals surface area contributed by atoms with Crippen LogP contribution in [0.2, 0.25) is 0 Å². The molecule has 17 heavy (non-hydrogen) atoms. The molecule has 0 bridgehead atoms. The Morgan fingerprint density at radius 2 is 2.41 bits per heavy atom. The van der Waals surface area contributed by atoms with Gasteiger partial charge in [0.05, 0.1) is 5.60 Å². The summed E-state index contributed by atoms with van der Waals surface area (Å²) >= 11 is 1.45. The van der Waals surface area contributed by atoms with Gasteiger partial charge in [0.15, 0.2) is 0 Å². The number of carbonyl (C=O) groups excluding carboxylic acids is 1. The SMILES string of the molecule is CCCC(C)(O)CNC(=O)C(N)c1cccs1. The Kier molecular flexibility index (Phi) is 5.11. The summed E-state index contributed by atoms with van der Waals surface area (Å²) in [6.45, 7) is 3.94. The fourth-order valence-electron chi connectivity index (χ4n) is 1.61. The van der Waals surface area contributed by atoms with Crippen molar-refractivity contribution in [1.29, 1.82) is 0 Å². The van der Waals surface area contributed by atoms with Gasteiger partial charge in [0.1, 0.15) is 6.04 Å². The van der Waals surface area contributed by atoms with Crippen molar-refractivity contribution < 1.29 is 9.90 Å². The topological polar surface area (TPSA) is 75.3 Å². The van der Waals surface area contributed by atoms with E-state index in [0.717, 1.165) is 11.3 Å². The number of hydrogen-bond donors (Lipinski definition) is 3. The molecule has 4 N–H and O–H groups in total. The molecular formula is C12H20N2O2S. The molecule has 0 radical (unpaired) electrons. The average Bonchev–Trinajstić information content (AvgIpc) is 2.78. The normalized spacial score (nSPS) is 16.2. The first kappa shape index (κ1) is 14.2. The second-order valence-corrected chi connectivity index (χ2v) is 5.44. The summed E-state index contributed by atoms with van der Waals surface area (Å²) in [5.74, 6) is -0.246. The van der Waals surface area contributed by atoms with Gasteiger partial charge in [-0.15, -0.1) is 11.3 Å². The molecule has 0 aliphatic carbocycles. The summed E-state index contributed by atoms with van der Waals surface area (Å²) in [6.07, 6.45) is 1.53. The monoisotopic (exact) mass is 256 g/mol. The minimum atomic E-state index is -0.862. The third-order valence-electron chi connectivity index (χ3n) is 2.56. The number of thiophene rings is 1. The largest absolute Gasteiger partial charge is 0.388 e. The maximum Gasteiger partial charge on any atom is 0.242 e. The van der Waals surface area contributed by atoms with E-state index in [0.29, 0.717) is 6.42 Å². The van der Waals surface area contributed by atoms with E-state index in [4.69, 9.17) is 5.73 Å². The number of nitrogens with two attached hydrogens (primary N) is 1. The van der Waals surface area contributed by atoms with Gasteiger partial charge in [-0.1, -0.05) is 19.4 Å². The van der Waals surface area contributed by atoms with Crippen LogP contribution in [0, 0.1) is 0 Å². The first-order valence-electron chi connectivity index (χ1n) is 5.75. The van der Waals surface area contributed by atoms with Gasteiger partial charge in [0.2, 0.25) is 5.91 Å². The van der Waals surface area contributed by atoms with Crippen molar-refractivity contribution >= 4 is 17.2 Å². The molecule has 1 heterocycles. The van der Waals surface area contributed by atoms with Crippen molar-refractivity contribution in [3.05, 3.63) is 22.4 Å². The summed E-state index contributed by atoms with van der Waals surface area (Å²) < 4.78 is 0. The minimum Gasteiger partial charge on any atom is -0.388 e. The van der Waals surface area contributed by atoms with Crippen LogP contribution in [0.1, 0.15) is 37.6 Å². The molecule has 0 fully saturated rings. The lowest BCUT2D eigenvalue weighted by Gasteiger charge is -2.23. The molecule has 5 heteroatoms. The summed E-state index contributed by atoms with van der Waals surface area (Å²) in [6, 6.07) is 3.05. The van der Waals surface area contributed by atoms with Crippen molar-refractivity contribution in [3.8, 4) is 0 Å². The first-order chi connectivity index (χ1) is 7.96. The highest BCUT2D eigenvalue weighted by atomic mass is 32.1. The zero-order valence-corrected chi connectivity index (χ0v) is 11.1. The van der Waals surface area contributed by atoms with E-state index in [2.05, 4.69) is 5.32 Å². The predicted molar refractivity (Wildman–Crippen MR) is 69.8 cm³/mol. The minimum absolute atomic E-state index is 0.235. The molecule has 1 aromatic heterocycles. The molecule has 0 aliphatic rings. The van der Waals surface area contributed by atoms with E-state index in [-0.39, 0.29) is 12.5 Å². The molecule has 2 unspecified atom stereocenters. The van der Waals surface area contributed by atoms with Crippen LogP contribution in [0.4, 0.5) is 0 Å². The van der Waals surface area contributed by atoms with Crippen molar-refractivity contribution in [2.75, 3.05) is 6.54 Å². The Bertz CT molecular complexity index is 349. The molecular weight excluding hydrogens is 236 g/mol. The summed E-state index contributed by atoms with van der Waals surface area (Å²) in [5.41, 5.74) is 4.94. The molecule has 1 rings (SSSR count). The summed E-state index contributed by atoms with van der Waals surface area (Å²) in [5, 5.41) is 14.5. The lowest BCUT2D eigenvalue weighted by molar-refractivity contribution is -0.123. The van der Waals surface area contributed by atoms with Crippen LogP contribution in [-0.4, -0.2) is 23.2 Å². The van der Waals surface area contributed by atoms with Crippen LogP contribution in [0.25, 0.3) is 0 Å². The van der Waals surface area contributed by atoms with Gasteiger partial charge >= 0.3 is 0 Å². The molecule has 0 saturated carbocycles. The molecule has 4 nitrogen and oxygen atoms in total. The Labute approximate surface area is 106 Å². The second-order valence-electron chi connectivity index (χ2n) is 4.46. The van der Waals surface area contributed by atoms with Crippen molar-refractivity contribution in [3.63, 3.8) is 0 Å². The number of hydrogen-bond acceptors (Lipinski definition) is 4. The van der Waals surface area contributed by atoms with Gasteiger partial charge in [-0.05, 0) is 24.8 Å². The molecule has 1 amide bonds. The van der Waals surface area contributed by atoms with E-state index in [1.54, 1.807) is 6.92 Å². The van der Waals surface area contributed by atoms with Crippen LogP contribution in [0.15, 0.2) is 17.5 Å². The number of carbonyl (C=O) groups is 1. The van der Waals surface area contributed by atoms with Crippen molar-refractivity contribution in [1.82, 2.24) is 5.32 Å². The quantitative estimate of drug-likeness (QED) is 0.720. The summed E-state index contributed by atoms with van der Waals surface area (Å²) in [7, 11) is 0. The Hall–Kier alpha value is -0.910. The van der Waals surface area contributed by atoms with Crippen LogP contribution in [-0.2, 0) is 4.79 Å². The van der Waals surface area contributed by atoms with Gasteiger partial charge in [-0.3, -0.25) is 4.79 Å². The van der Waals surface area contributed by atoms with E-state index in [1.807, 2.05) is 24.4 Å². The molecule has 0 saturated heterocycles. The predicted octanol–water partition coefficient (Wildman–Crippen LogP) is 1.42. The number of amides is 1. The highest BCUT2D eigenvalue weighted by Crippen LogP contribution is 2.17. The maximum absolute atomic E-state index is 11.8. The van der Waals surface area contributed by atoms with Gasteiger partial charge < -0.3 is 16.2 Å². The van der Waals surface area contributed by atoms with Crippen molar-refractivity contribution in [2.24, 2.45) is 5.73 Å². The Morgan fingerprint density at radius 3 is 2.94 bits per heavy atom. The van der Waals surface area contributed by atoms with Gasteiger partial charge in [-0.25, -0.2) is 0 Å². The van der Waals surface area contributed by atoms with Crippen molar-refractivity contribution in [2.45, 2.75) is 38.3 Å². The Morgan fingerprint density at radius 1 is 1.71 bits per heavy atom. The smallest absolute Gasteiger partial charge is 0.242 e. The second kappa shape index (κ2) is 6.14. The summed E-state index contributed by atoms with van der Waals surface area (Å²) in [4.78, 5) is 12.6. The van der Waals surface area contributed by atoms with Crippen LogP contribution in [0.5, 0.6) is 0 Å². The zero-order chi connectivity index (χ0) is 12.9. The van der Waals surface area contributed by atoms with Crippen LogP contribution in [0.3, 0.4) is 0 Å². The zero-order valence-electron chi connectivity index (χ0n) is 10.3. The standard InChI is InChI=1S/C12H20N2O2S/c1-3-6-12(2,16)8-14-11(15)10(13)9-5-4-7-17-9/h4-5,7,10,16H,3,6,8,13H2,1-2H3,(H,14,15). The molecule has 1 aromatic rings. The molecule has 96 valence electrons. The number of aliphatic hydroxyl groups is 1. The molecule has 0 spiro atoms. The van der Waals surface area contributed by atoms with E-state index < -0.39 is 11.6 Å². The lowest BCUT2D eigenvalue weighted by Crippen LogP contribution is -2.43. The van der Waals surface area contributed by atoms with Crippen LogP contribution >= 0.6 is 11.3 Å². The van der Waals surface area contributed by atoms with Gasteiger partial charge in [0.25, 0.3) is 0 Å². The number of rotatable bonds is 6. The average molecular weight is 256 g/mol. The fraction of sp³-hybridized carbons (Fsp3) is 0.583. The van der Waals surface area contributed by atoms with Gasteiger partial charge in [0, 0.05) is 11.4 Å². The van der Waals surface area contributed by atoms with E-state index >= 15 is 0 Å². The first-order valence-corrected chi connectivity index (χ1v) is 6.63. The Balaban J connectivity index is 2.45. The molecule has 0 aliphatic heterocycles. The third kappa shape index (κ3) is 4.46. The highest BCUT2D eigenvalue weighted by molar-refractivity contribution is 7.10. The fourth-order valence-corrected chi connectivity index (χ4v) is 2.34.